The van der Waals surface area contributed by atoms with Gasteiger partial charge in [0.2, 0.25) is 0 Å². The molecule has 2 heterocycles. The number of aromatic nitrogens is 3. The highest BCUT2D eigenvalue weighted by atomic mass is 16.1. The first-order valence-corrected chi connectivity index (χ1v) is 5.64. The molecule has 0 spiro atoms. The van der Waals surface area contributed by atoms with E-state index in [0.29, 0.717) is 5.69 Å². The molecule has 0 unspecified atom stereocenters. The third-order valence-electron chi connectivity index (χ3n) is 3.05. The molecule has 0 amide bonds. The number of rotatable bonds is 1. The molecule has 4 heteroatoms. The molecule has 0 radical (unpaired) electrons. The zero-order valence-corrected chi connectivity index (χ0v) is 11.0. The van der Waals surface area contributed by atoms with E-state index in [9.17, 15) is 4.79 Å². The van der Waals surface area contributed by atoms with Crippen molar-refractivity contribution in [2.75, 3.05) is 0 Å². The smallest absolute Gasteiger partial charge is 0.253 e. The molecule has 0 aliphatic heterocycles. The Morgan fingerprint density at radius 3 is 2.44 bits per heavy atom. The van der Waals surface area contributed by atoms with Gasteiger partial charge >= 0.3 is 0 Å². The van der Waals surface area contributed by atoms with Crippen LogP contribution in [0.4, 0.5) is 0 Å². The second-order valence-electron chi connectivity index (χ2n) is 4.41. The summed E-state index contributed by atoms with van der Waals surface area (Å²) in [5.74, 6) is 2.56. The summed E-state index contributed by atoms with van der Waals surface area (Å²) < 4.78 is 3.26. The maximum Gasteiger partial charge on any atom is 0.253 e. The molecule has 0 aliphatic rings. The van der Waals surface area contributed by atoms with E-state index in [1.165, 1.54) is 0 Å². The fourth-order valence-electron chi connectivity index (χ4n) is 2.18. The second kappa shape index (κ2) is 4.19. The molecule has 0 aromatic carbocycles. The van der Waals surface area contributed by atoms with Crippen LogP contribution in [-0.4, -0.2) is 14.3 Å². The van der Waals surface area contributed by atoms with E-state index >= 15 is 0 Å². The standard InChI is InChI=1S/C14H15N3O/c1-6-11-8-12(15-17(11)5)13-9(2)7-10(3)14(18)16(13)4/h1,7-8H,2-5H3. The van der Waals surface area contributed by atoms with E-state index in [2.05, 4.69) is 11.0 Å². The molecule has 4 nitrogen and oxygen atoms in total. The predicted octanol–water partition coefficient (Wildman–Crippen LogP) is 1.38. The van der Waals surface area contributed by atoms with Gasteiger partial charge in [-0.25, -0.2) is 0 Å². The minimum Gasteiger partial charge on any atom is -0.309 e. The van der Waals surface area contributed by atoms with E-state index < -0.39 is 0 Å². The first kappa shape index (κ1) is 12.2. The molecule has 2 rings (SSSR count). The molecular formula is C14H15N3O. The number of aryl methyl sites for hydroxylation is 3. The highest BCUT2D eigenvalue weighted by molar-refractivity contribution is 5.61. The maximum atomic E-state index is 12.0. The maximum absolute atomic E-state index is 12.0. The van der Waals surface area contributed by atoms with Gasteiger partial charge in [-0.2, -0.15) is 5.10 Å². The van der Waals surface area contributed by atoms with Crippen molar-refractivity contribution in [3.05, 3.63) is 39.3 Å². The summed E-state index contributed by atoms with van der Waals surface area (Å²) in [6.45, 7) is 3.77. The summed E-state index contributed by atoms with van der Waals surface area (Å²) in [7, 11) is 3.54. The van der Waals surface area contributed by atoms with E-state index in [4.69, 9.17) is 6.42 Å². The molecule has 0 aliphatic carbocycles. The molecule has 0 fully saturated rings. The molecule has 0 bridgehead atoms. The van der Waals surface area contributed by atoms with Crippen LogP contribution in [0.25, 0.3) is 11.4 Å². The normalized spacial score (nSPS) is 10.4. The Bertz CT molecular complexity index is 714. The van der Waals surface area contributed by atoms with Crippen molar-refractivity contribution in [3.8, 4) is 23.7 Å². The van der Waals surface area contributed by atoms with Gasteiger partial charge in [0.15, 0.2) is 0 Å². The highest BCUT2D eigenvalue weighted by Crippen LogP contribution is 2.21. The summed E-state index contributed by atoms with van der Waals surface area (Å²) in [4.78, 5) is 12.0. The van der Waals surface area contributed by atoms with Gasteiger partial charge in [0.25, 0.3) is 5.56 Å². The van der Waals surface area contributed by atoms with Gasteiger partial charge in [-0.1, -0.05) is 5.92 Å². The van der Waals surface area contributed by atoms with Crippen LogP contribution >= 0.6 is 0 Å². The van der Waals surface area contributed by atoms with Gasteiger partial charge in [0.05, 0.1) is 5.69 Å². The SMILES string of the molecule is C#Cc1cc(-c2c(C)cc(C)c(=O)n2C)nn1C. The Balaban J connectivity index is 2.76. The monoisotopic (exact) mass is 241 g/mol. The summed E-state index contributed by atoms with van der Waals surface area (Å²) in [5.41, 5.74) is 3.95. The van der Waals surface area contributed by atoms with E-state index in [1.807, 2.05) is 26.0 Å². The largest absolute Gasteiger partial charge is 0.309 e. The molecule has 2 aromatic heterocycles. The predicted molar refractivity (Wildman–Crippen MR) is 71.3 cm³/mol. The summed E-state index contributed by atoms with van der Waals surface area (Å²) >= 11 is 0. The number of nitrogens with zero attached hydrogens (tertiary/aromatic N) is 3. The zero-order valence-electron chi connectivity index (χ0n) is 11.0. The second-order valence-corrected chi connectivity index (χ2v) is 4.41. The zero-order chi connectivity index (χ0) is 13.4. The average Bonchev–Trinajstić information content (AvgIpc) is 2.67. The molecule has 18 heavy (non-hydrogen) atoms. The van der Waals surface area contributed by atoms with Gasteiger partial charge in [-0.3, -0.25) is 9.48 Å². The van der Waals surface area contributed by atoms with Crippen molar-refractivity contribution in [1.29, 1.82) is 0 Å². The van der Waals surface area contributed by atoms with Gasteiger partial charge in [-0.15, -0.1) is 6.42 Å². The fourth-order valence-corrected chi connectivity index (χ4v) is 2.18. The van der Waals surface area contributed by atoms with Gasteiger partial charge in [0.1, 0.15) is 11.4 Å². The lowest BCUT2D eigenvalue weighted by Crippen LogP contribution is -2.21. The van der Waals surface area contributed by atoms with Gasteiger partial charge in [0, 0.05) is 25.7 Å². The third kappa shape index (κ3) is 1.74. The van der Waals surface area contributed by atoms with Gasteiger partial charge < -0.3 is 4.57 Å². The van der Waals surface area contributed by atoms with Crippen LogP contribution in [0.2, 0.25) is 0 Å². The first-order valence-electron chi connectivity index (χ1n) is 5.64. The Morgan fingerprint density at radius 2 is 1.89 bits per heavy atom. The number of pyridine rings is 1. The number of hydrogen-bond acceptors (Lipinski definition) is 2. The van der Waals surface area contributed by atoms with Crippen LogP contribution in [0.1, 0.15) is 16.8 Å². The van der Waals surface area contributed by atoms with Crippen molar-refractivity contribution in [2.24, 2.45) is 14.1 Å². The number of terminal acetylenes is 1. The highest BCUT2D eigenvalue weighted by Gasteiger charge is 2.13. The van der Waals surface area contributed by atoms with Crippen molar-refractivity contribution < 1.29 is 0 Å². The average molecular weight is 241 g/mol. The van der Waals surface area contributed by atoms with Crippen LogP contribution in [0.5, 0.6) is 0 Å². The molecule has 92 valence electrons. The summed E-state index contributed by atoms with van der Waals surface area (Å²) in [5, 5.41) is 4.36. The van der Waals surface area contributed by atoms with Crippen molar-refractivity contribution in [2.45, 2.75) is 13.8 Å². The molecule has 0 saturated heterocycles. The van der Waals surface area contributed by atoms with Crippen LogP contribution in [0.3, 0.4) is 0 Å². The minimum atomic E-state index is -0.0106. The lowest BCUT2D eigenvalue weighted by molar-refractivity contribution is 0.753. The van der Waals surface area contributed by atoms with Crippen molar-refractivity contribution in [3.63, 3.8) is 0 Å². The number of hydrogen-bond donors (Lipinski definition) is 0. The topological polar surface area (TPSA) is 39.8 Å². The third-order valence-corrected chi connectivity index (χ3v) is 3.05. The summed E-state index contributed by atoms with van der Waals surface area (Å²) in [6, 6.07) is 3.69. The lowest BCUT2D eigenvalue weighted by Gasteiger charge is -2.10. The minimum absolute atomic E-state index is 0.0106. The van der Waals surface area contributed by atoms with Crippen molar-refractivity contribution >= 4 is 0 Å². The van der Waals surface area contributed by atoms with Crippen LogP contribution in [0.15, 0.2) is 16.9 Å². The molecule has 0 saturated carbocycles. The van der Waals surface area contributed by atoms with E-state index in [0.717, 1.165) is 22.5 Å². The van der Waals surface area contributed by atoms with Crippen LogP contribution in [-0.2, 0) is 14.1 Å². The van der Waals surface area contributed by atoms with E-state index in [1.54, 1.807) is 23.3 Å². The quantitative estimate of drug-likeness (QED) is 0.708. The Hall–Kier alpha value is -2.28. The van der Waals surface area contributed by atoms with Crippen molar-refractivity contribution in [1.82, 2.24) is 14.3 Å². The van der Waals surface area contributed by atoms with Crippen LogP contribution in [0, 0.1) is 26.2 Å². The Labute approximate surface area is 106 Å². The fraction of sp³-hybridized carbons (Fsp3) is 0.286. The Kier molecular flexibility index (Phi) is 2.84. The first-order chi connectivity index (χ1) is 8.45. The summed E-state index contributed by atoms with van der Waals surface area (Å²) in [6.07, 6.45) is 5.39. The van der Waals surface area contributed by atoms with Crippen LogP contribution < -0.4 is 5.56 Å². The molecule has 0 atom stereocenters. The molecular weight excluding hydrogens is 226 g/mol. The Morgan fingerprint density at radius 1 is 1.22 bits per heavy atom. The lowest BCUT2D eigenvalue weighted by atomic mass is 10.1. The van der Waals surface area contributed by atoms with Gasteiger partial charge in [-0.05, 0) is 25.5 Å². The molecule has 2 aromatic rings. The molecule has 0 N–H and O–H groups in total. The van der Waals surface area contributed by atoms with E-state index in [-0.39, 0.29) is 5.56 Å².